The van der Waals surface area contributed by atoms with Crippen LogP contribution in [0.3, 0.4) is 0 Å². The molecule has 5 heteroatoms. The summed E-state index contributed by atoms with van der Waals surface area (Å²) in [5, 5.41) is 14.9. The van der Waals surface area contributed by atoms with Crippen LogP contribution in [-0.4, -0.2) is 5.10 Å². The van der Waals surface area contributed by atoms with E-state index >= 15 is 0 Å². The number of nitroso groups, excluding NO2 is 1. The van der Waals surface area contributed by atoms with Gasteiger partial charge in [-0.25, -0.2) is 0 Å². The van der Waals surface area contributed by atoms with E-state index in [2.05, 4.69) is 16.3 Å². The van der Waals surface area contributed by atoms with E-state index in [9.17, 15) is 4.91 Å². The molecule has 0 fully saturated rings. The van der Waals surface area contributed by atoms with Crippen molar-refractivity contribution in [2.75, 3.05) is 0 Å². The Kier molecular flexibility index (Phi) is 3.71. The molecule has 0 radical (unpaired) electrons. The molecule has 1 N–H and O–H groups in total. The van der Waals surface area contributed by atoms with Crippen molar-refractivity contribution < 1.29 is 4.68 Å². The molecule has 0 aliphatic heterocycles. The van der Waals surface area contributed by atoms with E-state index in [4.69, 9.17) is 5.26 Å². The second-order valence-electron chi connectivity index (χ2n) is 4.72. The van der Waals surface area contributed by atoms with Crippen molar-refractivity contribution in [3.8, 4) is 6.07 Å². The average molecular weight is 255 g/mol. The van der Waals surface area contributed by atoms with Gasteiger partial charge in [0.2, 0.25) is 6.20 Å². The number of nitrogens with zero attached hydrogens (tertiary/aromatic N) is 3. The van der Waals surface area contributed by atoms with E-state index in [1.54, 1.807) is 18.3 Å². The molecule has 1 aromatic heterocycles. The maximum Gasteiger partial charge on any atom is 0.225 e. The van der Waals surface area contributed by atoms with Crippen LogP contribution in [0.4, 0.5) is 5.69 Å². The fraction of sp³-hybridized carbons (Fsp3) is 0.286. The Morgan fingerprint density at radius 2 is 2.05 bits per heavy atom. The fourth-order valence-corrected chi connectivity index (χ4v) is 1.93. The van der Waals surface area contributed by atoms with Crippen molar-refractivity contribution >= 4 is 5.69 Å². The van der Waals surface area contributed by atoms with Crippen LogP contribution >= 0.6 is 0 Å². The minimum atomic E-state index is 0.218. The van der Waals surface area contributed by atoms with Crippen LogP contribution in [0.25, 0.3) is 0 Å². The SMILES string of the molecule is CC(C)c1[nH][n+](Cc2ccc(C#N)cc2)cc1N=O. The molecule has 1 heterocycles. The molecule has 0 amide bonds. The summed E-state index contributed by atoms with van der Waals surface area (Å²) in [6.07, 6.45) is 1.71. The van der Waals surface area contributed by atoms with Crippen molar-refractivity contribution in [2.45, 2.75) is 26.3 Å². The van der Waals surface area contributed by atoms with E-state index < -0.39 is 0 Å². The summed E-state index contributed by atoms with van der Waals surface area (Å²) >= 11 is 0. The van der Waals surface area contributed by atoms with Gasteiger partial charge in [0.1, 0.15) is 5.69 Å². The standard InChI is InChI=1S/C14H14N4O/c1-10(2)14-13(17-19)9-18(16-14)8-12-5-3-11(7-15)4-6-12/h3-6,9-10H,8H2,1-2H3/p+1. The van der Waals surface area contributed by atoms with Crippen molar-refractivity contribution in [3.63, 3.8) is 0 Å². The summed E-state index contributed by atoms with van der Waals surface area (Å²) in [4.78, 5) is 10.8. The van der Waals surface area contributed by atoms with Crippen LogP contribution in [0.5, 0.6) is 0 Å². The van der Waals surface area contributed by atoms with Gasteiger partial charge in [-0.05, 0) is 17.3 Å². The Bertz CT molecular complexity index is 620. The number of aromatic nitrogens is 2. The maximum absolute atomic E-state index is 10.8. The predicted molar refractivity (Wildman–Crippen MR) is 70.8 cm³/mol. The Hall–Kier alpha value is -2.48. The number of aromatic amines is 1. The topological polar surface area (TPSA) is 72.9 Å². The van der Waals surface area contributed by atoms with E-state index in [0.29, 0.717) is 17.8 Å². The van der Waals surface area contributed by atoms with Gasteiger partial charge in [-0.2, -0.15) is 10.4 Å². The summed E-state index contributed by atoms with van der Waals surface area (Å²) in [6, 6.07) is 9.44. The van der Waals surface area contributed by atoms with E-state index in [-0.39, 0.29) is 5.92 Å². The molecule has 2 aromatic rings. The van der Waals surface area contributed by atoms with Crippen LogP contribution in [0.1, 0.15) is 36.6 Å². The Labute approximate surface area is 111 Å². The van der Waals surface area contributed by atoms with Crippen molar-refractivity contribution in [1.29, 1.82) is 5.26 Å². The number of hydrogen-bond donors (Lipinski definition) is 1. The van der Waals surface area contributed by atoms with Gasteiger partial charge in [0.25, 0.3) is 0 Å². The van der Waals surface area contributed by atoms with Crippen LogP contribution < -0.4 is 4.68 Å². The van der Waals surface area contributed by atoms with Crippen LogP contribution in [0.2, 0.25) is 0 Å². The minimum Gasteiger partial charge on any atom is -0.192 e. The minimum absolute atomic E-state index is 0.218. The number of benzene rings is 1. The largest absolute Gasteiger partial charge is 0.225 e. The number of H-pyrrole nitrogens is 1. The first-order valence-corrected chi connectivity index (χ1v) is 6.08. The Balaban J connectivity index is 2.23. The molecule has 0 spiro atoms. The lowest BCUT2D eigenvalue weighted by Gasteiger charge is -1.98. The Morgan fingerprint density at radius 3 is 2.53 bits per heavy atom. The fourth-order valence-electron chi connectivity index (χ4n) is 1.93. The molecule has 0 aliphatic carbocycles. The first-order valence-electron chi connectivity index (χ1n) is 6.08. The van der Waals surface area contributed by atoms with Crippen LogP contribution in [-0.2, 0) is 6.54 Å². The van der Waals surface area contributed by atoms with Crippen molar-refractivity contribution in [2.24, 2.45) is 5.18 Å². The number of rotatable bonds is 4. The number of hydrogen-bond acceptors (Lipinski definition) is 3. The molecule has 0 unspecified atom stereocenters. The summed E-state index contributed by atoms with van der Waals surface area (Å²) in [5.74, 6) is 0.218. The third kappa shape index (κ3) is 2.86. The summed E-state index contributed by atoms with van der Waals surface area (Å²) in [7, 11) is 0. The average Bonchev–Trinajstić information content (AvgIpc) is 2.83. The first-order chi connectivity index (χ1) is 9.13. The molecule has 0 bridgehead atoms. The van der Waals surface area contributed by atoms with E-state index in [1.807, 2.05) is 30.7 Å². The van der Waals surface area contributed by atoms with Gasteiger partial charge in [0.15, 0.2) is 12.2 Å². The lowest BCUT2D eigenvalue weighted by molar-refractivity contribution is -0.742. The molecular formula is C14H15N4O+. The molecule has 0 atom stereocenters. The van der Waals surface area contributed by atoms with Gasteiger partial charge in [-0.1, -0.05) is 26.0 Å². The van der Waals surface area contributed by atoms with Gasteiger partial charge in [0, 0.05) is 11.5 Å². The Morgan fingerprint density at radius 1 is 1.37 bits per heavy atom. The number of nitriles is 1. The monoisotopic (exact) mass is 255 g/mol. The van der Waals surface area contributed by atoms with E-state index in [0.717, 1.165) is 11.3 Å². The molecule has 0 saturated heterocycles. The van der Waals surface area contributed by atoms with Gasteiger partial charge >= 0.3 is 0 Å². The molecule has 1 aromatic carbocycles. The van der Waals surface area contributed by atoms with Crippen molar-refractivity contribution in [1.82, 2.24) is 5.10 Å². The lowest BCUT2D eigenvalue weighted by Crippen LogP contribution is -2.35. The highest BCUT2D eigenvalue weighted by Gasteiger charge is 2.18. The predicted octanol–water partition coefficient (Wildman–Crippen LogP) is 2.74. The normalized spacial score (nSPS) is 10.4. The third-order valence-corrected chi connectivity index (χ3v) is 2.93. The zero-order valence-electron chi connectivity index (χ0n) is 10.9. The van der Waals surface area contributed by atoms with Crippen molar-refractivity contribution in [3.05, 3.63) is 52.2 Å². The van der Waals surface area contributed by atoms with Gasteiger partial charge < -0.3 is 0 Å². The summed E-state index contributed by atoms with van der Waals surface area (Å²) in [5.41, 5.74) is 2.98. The van der Waals surface area contributed by atoms with E-state index in [1.165, 1.54) is 0 Å². The highest BCUT2D eigenvalue weighted by Crippen LogP contribution is 2.22. The van der Waals surface area contributed by atoms with Gasteiger partial charge in [-0.15, -0.1) is 9.59 Å². The highest BCUT2D eigenvalue weighted by molar-refractivity contribution is 5.39. The zero-order valence-corrected chi connectivity index (χ0v) is 10.9. The first kappa shape index (κ1) is 13.0. The third-order valence-electron chi connectivity index (χ3n) is 2.93. The summed E-state index contributed by atoms with van der Waals surface area (Å²) < 4.78 is 1.83. The van der Waals surface area contributed by atoms with Crippen LogP contribution in [0.15, 0.2) is 35.6 Å². The highest BCUT2D eigenvalue weighted by atomic mass is 16.3. The molecule has 0 aliphatic rings. The molecule has 19 heavy (non-hydrogen) atoms. The molecular weight excluding hydrogens is 240 g/mol. The second kappa shape index (κ2) is 5.44. The molecule has 96 valence electrons. The maximum atomic E-state index is 10.8. The van der Waals surface area contributed by atoms with Crippen LogP contribution in [0, 0.1) is 16.2 Å². The summed E-state index contributed by atoms with van der Waals surface area (Å²) in [6.45, 7) is 4.63. The second-order valence-corrected chi connectivity index (χ2v) is 4.72. The number of nitrogens with one attached hydrogen (secondary N) is 1. The lowest BCUT2D eigenvalue weighted by atomic mass is 10.1. The zero-order chi connectivity index (χ0) is 13.8. The van der Waals surface area contributed by atoms with Gasteiger partial charge in [0.05, 0.1) is 11.6 Å². The van der Waals surface area contributed by atoms with Gasteiger partial charge in [-0.3, -0.25) is 0 Å². The quantitative estimate of drug-likeness (QED) is 0.674. The molecule has 0 saturated carbocycles. The smallest absolute Gasteiger partial charge is 0.192 e. The molecule has 2 rings (SSSR count). The molecule has 5 nitrogen and oxygen atoms in total.